The molecule has 0 bridgehead atoms. The summed E-state index contributed by atoms with van der Waals surface area (Å²) >= 11 is 5.96. The van der Waals surface area contributed by atoms with Crippen molar-refractivity contribution in [3.8, 4) is 11.6 Å². The summed E-state index contributed by atoms with van der Waals surface area (Å²) in [6, 6.07) is 7.80. The van der Waals surface area contributed by atoms with Crippen LogP contribution in [0, 0.1) is 11.6 Å². The van der Waals surface area contributed by atoms with E-state index in [-0.39, 0.29) is 18.8 Å². The van der Waals surface area contributed by atoms with Crippen LogP contribution in [0.25, 0.3) is 11.0 Å². The molecule has 0 unspecified atom stereocenters. The summed E-state index contributed by atoms with van der Waals surface area (Å²) in [7, 11) is 1.48. The maximum atomic E-state index is 14.9. The van der Waals surface area contributed by atoms with Crippen LogP contribution in [0.15, 0.2) is 48.9 Å². The number of anilines is 1. The van der Waals surface area contributed by atoms with Gasteiger partial charge in [-0.3, -0.25) is 0 Å². The summed E-state index contributed by atoms with van der Waals surface area (Å²) in [5.41, 5.74) is 2.12. The van der Waals surface area contributed by atoms with E-state index in [1.165, 1.54) is 19.4 Å². The maximum absolute atomic E-state index is 14.9. The fourth-order valence-corrected chi connectivity index (χ4v) is 3.17. The van der Waals surface area contributed by atoms with Crippen LogP contribution in [-0.4, -0.2) is 35.6 Å². The molecule has 4 aromatic rings. The number of hydrogen-bond donors (Lipinski definition) is 2. The van der Waals surface area contributed by atoms with E-state index in [0.717, 1.165) is 17.1 Å². The molecule has 178 valence electrons. The Morgan fingerprint density at radius 1 is 1.09 bits per heavy atom. The molecule has 0 aliphatic rings. The van der Waals surface area contributed by atoms with Crippen LogP contribution in [0.3, 0.4) is 0 Å². The molecule has 3 heterocycles. The first-order valence-corrected chi connectivity index (χ1v) is 9.96. The van der Waals surface area contributed by atoms with Gasteiger partial charge in [0.05, 0.1) is 17.8 Å². The number of carbonyl (C=O) groups excluding carboxylic acids is 2. The van der Waals surface area contributed by atoms with Gasteiger partial charge in [0.2, 0.25) is 5.88 Å². The van der Waals surface area contributed by atoms with Gasteiger partial charge in [0.25, 0.3) is 0 Å². The van der Waals surface area contributed by atoms with Gasteiger partial charge in [0.1, 0.15) is 25.8 Å². The van der Waals surface area contributed by atoms with Crippen LogP contribution < -0.4 is 14.8 Å². The summed E-state index contributed by atoms with van der Waals surface area (Å²) < 4.78 is 39.7. The van der Waals surface area contributed by atoms with Crippen LogP contribution >= 0.6 is 11.6 Å². The second kappa shape index (κ2) is 12.9. The highest BCUT2D eigenvalue weighted by Gasteiger charge is 2.16. The number of aromatic nitrogens is 3. The molecule has 0 saturated carbocycles. The third-order valence-corrected chi connectivity index (χ3v) is 4.65. The number of nitrogens with zero attached hydrogens (tertiary/aromatic N) is 2. The fourth-order valence-electron chi connectivity index (χ4n) is 2.99. The number of pyridine rings is 2. The van der Waals surface area contributed by atoms with Crippen LogP contribution in [0.5, 0.6) is 11.6 Å². The first-order chi connectivity index (χ1) is 16.5. The number of benzene rings is 1. The minimum absolute atomic E-state index is 0.0303. The third-order valence-electron chi connectivity index (χ3n) is 4.44. The number of aromatic amines is 1. The fraction of sp³-hybridized carbons (Fsp3) is 0.130. The molecule has 0 aliphatic carbocycles. The molecule has 4 rings (SSSR count). The molecule has 0 amide bonds. The Balaban J connectivity index is 0.000000970. The van der Waals surface area contributed by atoms with Crippen molar-refractivity contribution < 1.29 is 27.8 Å². The molecular weight excluding hydrogens is 470 g/mol. The van der Waals surface area contributed by atoms with Gasteiger partial charge in [0, 0.05) is 41.6 Å². The van der Waals surface area contributed by atoms with E-state index in [2.05, 4.69) is 20.3 Å². The standard InChI is InChI=1S/C21H17ClF2N4O2.2CH2O/c1-29-21-14(7-15(22)10-28-21)9-26-17-3-2-16(23)19(18(17)24)30-11-12-6-13-4-5-25-20(13)27-8-12;2*1-2/h2-8,10,26H,9,11H2,1H3,(H,25,27);2*1H2. The largest absolute Gasteiger partial charge is 0.483 e. The molecule has 34 heavy (non-hydrogen) atoms. The van der Waals surface area contributed by atoms with Crippen molar-refractivity contribution in [1.29, 1.82) is 0 Å². The van der Waals surface area contributed by atoms with Crippen LogP contribution in [0.2, 0.25) is 5.02 Å². The quantitative estimate of drug-likeness (QED) is 0.386. The number of hydrogen-bond acceptors (Lipinski definition) is 7. The number of nitrogens with one attached hydrogen (secondary N) is 2. The van der Waals surface area contributed by atoms with Crippen molar-refractivity contribution in [3.05, 3.63) is 76.7 Å². The zero-order valence-electron chi connectivity index (χ0n) is 18.1. The summed E-state index contributed by atoms with van der Waals surface area (Å²) in [5, 5.41) is 4.21. The lowest BCUT2D eigenvalue weighted by Crippen LogP contribution is -2.07. The van der Waals surface area contributed by atoms with Gasteiger partial charge < -0.3 is 29.4 Å². The predicted octanol–water partition coefficient (Wildman–Crippen LogP) is 4.72. The van der Waals surface area contributed by atoms with Crippen molar-refractivity contribution in [2.75, 3.05) is 12.4 Å². The van der Waals surface area contributed by atoms with Crippen molar-refractivity contribution in [2.24, 2.45) is 0 Å². The topological polar surface area (TPSA) is 106 Å². The van der Waals surface area contributed by atoms with E-state index < -0.39 is 17.4 Å². The average Bonchev–Trinajstić information content (AvgIpc) is 3.34. The monoisotopic (exact) mass is 490 g/mol. The molecule has 11 heteroatoms. The van der Waals surface area contributed by atoms with Gasteiger partial charge in [-0.15, -0.1) is 0 Å². The highest BCUT2D eigenvalue weighted by atomic mass is 35.5. The first kappa shape index (κ1) is 26.2. The molecule has 8 nitrogen and oxygen atoms in total. The molecular formula is C23H21ClF2N4O4. The van der Waals surface area contributed by atoms with E-state index in [1.54, 1.807) is 18.5 Å². The normalized spacial score (nSPS) is 9.88. The number of ether oxygens (including phenoxy) is 2. The van der Waals surface area contributed by atoms with Crippen molar-refractivity contribution in [1.82, 2.24) is 15.0 Å². The zero-order chi connectivity index (χ0) is 25.1. The van der Waals surface area contributed by atoms with Crippen LogP contribution in [0.4, 0.5) is 14.5 Å². The van der Waals surface area contributed by atoms with Gasteiger partial charge in [0.15, 0.2) is 17.4 Å². The first-order valence-electron chi connectivity index (χ1n) is 9.58. The molecule has 1 aromatic carbocycles. The number of carbonyl (C=O) groups is 2. The van der Waals surface area contributed by atoms with E-state index in [1.807, 2.05) is 25.7 Å². The maximum Gasteiger partial charge on any atom is 0.218 e. The Morgan fingerprint density at radius 3 is 2.59 bits per heavy atom. The molecule has 2 N–H and O–H groups in total. The summed E-state index contributed by atoms with van der Waals surface area (Å²) in [5.74, 6) is -1.74. The Hall–Kier alpha value is -4.05. The molecule has 0 spiro atoms. The van der Waals surface area contributed by atoms with Gasteiger partial charge in [-0.25, -0.2) is 18.7 Å². The molecule has 3 aromatic heterocycles. The predicted molar refractivity (Wildman–Crippen MR) is 124 cm³/mol. The number of H-pyrrole nitrogens is 1. The third kappa shape index (κ3) is 6.26. The van der Waals surface area contributed by atoms with E-state index in [0.29, 0.717) is 22.0 Å². The lowest BCUT2D eigenvalue weighted by atomic mass is 10.2. The highest BCUT2D eigenvalue weighted by Crippen LogP contribution is 2.30. The van der Waals surface area contributed by atoms with Crippen LogP contribution in [-0.2, 0) is 22.7 Å². The Kier molecular flexibility index (Phi) is 9.90. The van der Waals surface area contributed by atoms with Crippen molar-refractivity contribution in [3.63, 3.8) is 0 Å². The average molecular weight is 491 g/mol. The number of fused-ring (bicyclic) bond motifs is 1. The molecule has 0 radical (unpaired) electrons. The second-order valence-corrected chi connectivity index (χ2v) is 6.90. The highest BCUT2D eigenvalue weighted by molar-refractivity contribution is 6.30. The van der Waals surface area contributed by atoms with Crippen LogP contribution in [0.1, 0.15) is 11.1 Å². The smallest absolute Gasteiger partial charge is 0.218 e. The summed E-state index contributed by atoms with van der Waals surface area (Å²) in [6.45, 7) is 4.14. The second-order valence-electron chi connectivity index (χ2n) is 6.46. The van der Waals surface area contributed by atoms with Crippen molar-refractivity contribution in [2.45, 2.75) is 13.2 Å². The lowest BCUT2D eigenvalue weighted by molar-refractivity contribution is -0.0987. The Labute approximate surface area is 198 Å². The number of halogens is 3. The lowest BCUT2D eigenvalue weighted by Gasteiger charge is -2.14. The van der Waals surface area contributed by atoms with E-state index >= 15 is 0 Å². The summed E-state index contributed by atoms with van der Waals surface area (Å²) in [6.07, 6.45) is 4.81. The number of methoxy groups -OCH3 is 1. The Morgan fingerprint density at radius 2 is 1.85 bits per heavy atom. The molecule has 0 fully saturated rings. The minimum Gasteiger partial charge on any atom is -0.483 e. The van der Waals surface area contributed by atoms with Gasteiger partial charge >= 0.3 is 0 Å². The van der Waals surface area contributed by atoms with Crippen molar-refractivity contribution >= 4 is 41.9 Å². The number of rotatable bonds is 7. The zero-order valence-corrected chi connectivity index (χ0v) is 18.9. The summed E-state index contributed by atoms with van der Waals surface area (Å²) in [4.78, 5) is 27.3. The SMILES string of the molecule is C=O.C=O.COc1ncc(Cl)cc1CNc1ccc(F)c(OCc2cnc3[nH]ccc3c2)c1F. The van der Waals surface area contributed by atoms with Gasteiger partial charge in [-0.05, 0) is 30.3 Å². The molecule has 0 aliphatic heterocycles. The minimum atomic E-state index is -0.834. The Bertz CT molecular complexity index is 1240. The van der Waals surface area contributed by atoms with Gasteiger partial charge in [-0.1, -0.05) is 11.6 Å². The van der Waals surface area contributed by atoms with E-state index in [4.69, 9.17) is 30.7 Å². The van der Waals surface area contributed by atoms with Gasteiger partial charge in [-0.2, -0.15) is 0 Å². The van der Waals surface area contributed by atoms with E-state index in [9.17, 15) is 8.78 Å². The molecule has 0 atom stereocenters. The molecule has 0 saturated heterocycles.